The molecule has 3 heterocycles. The second kappa shape index (κ2) is 8.97. The molecule has 1 aromatic heterocycles. The van der Waals surface area contributed by atoms with Gasteiger partial charge < -0.3 is 19.4 Å². The molecule has 4 rings (SSSR count). The lowest BCUT2D eigenvalue weighted by Crippen LogP contribution is -2.49. The van der Waals surface area contributed by atoms with Gasteiger partial charge in [-0.1, -0.05) is 0 Å². The Balaban J connectivity index is 1.44. The summed E-state index contributed by atoms with van der Waals surface area (Å²) in [6.45, 7) is 7.81. The van der Waals surface area contributed by atoms with Crippen LogP contribution in [0.1, 0.15) is 5.69 Å². The Hall–Kier alpha value is -2.43. The van der Waals surface area contributed by atoms with Gasteiger partial charge in [0.15, 0.2) is 0 Å². The summed E-state index contributed by atoms with van der Waals surface area (Å²) in [4.78, 5) is 16.4. The molecule has 2 fully saturated rings. The van der Waals surface area contributed by atoms with Crippen molar-refractivity contribution in [3.8, 4) is 5.75 Å². The van der Waals surface area contributed by atoms with Crippen molar-refractivity contribution in [3.05, 3.63) is 36.0 Å². The fourth-order valence-corrected chi connectivity index (χ4v) is 5.32. The van der Waals surface area contributed by atoms with Gasteiger partial charge in [-0.3, -0.25) is 0 Å². The molecule has 0 bridgehead atoms. The first kappa shape index (κ1) is 21.8. The minimum absolute atomic E-state index is 0.283. The van der Waals surface area contributed by atoms with E-state index in [0.29, 0.717) is 37.9 Å². The Morgan fingerprint density at radius 3 is 2.10 bits per heavy atom. The monoisotopic (exact) mass is 446 g/mol. The normalized spacial score (nSPS) is 18.9. The number of ether oxygens (including phenoxy) is 1. The van der Waals surface area contributed by atoms with Crippen LogP contribution in [0.2, 0.25) is 0 Å². The van der Waals surface area contributed by atoms with Gasteiger partial charge in [0, 0.05) is 64.1 Å². The Morgan fingerprint density at radius 1 is 0.871 bits per heavy atom. The van der Waals surface area contributed by atoms with Crippen molar-refractivity contribution in [1.82, 2.24) is 19.2 Å². The quantitative estimate of drug-likeness (QED) is 0.674. The maximum atomic E-state index is 13.0. The van der Waals surface area contributed by atoms with Gasteiger partial charge in [0.1, 0.15) is 11.6 Å². The summed E-state index contributed by atoms with van der Waals surface area (Å²) in [6, 6.07) is 8.55. The van der Waals surface area contributed by atoms with E-state index >= 15 is 0 Å². The molecule has 0 aliphatic carbocycles. The van der Waals surface area contributed by atoms with Crippen LogP contribution in [0.5, 0.6) is 5.75 Å². The fourth-order valence-electron chi connectivity index (χ4n) is 3.90. The number of likely N-dealkylation sites (N-methyl/N-ethyl adjacent to an activating group) is 1. The highest BCUT2D eigenvalue weighted by Gasteiger charge is 2.30. The number of benzene rings is 1. The Morgan fingerprint density at radius 2 is 1.48 bits per heavy atom. The molecular weight excluding hydrogens is 416 g/mol. The molecule has 168 valence electrons. The van der Waals surface area contributed by atoms with Crippen molar-refractivity contribution >= 4 is 21.8 Å². The molecule has 0 unspecified atom stereocenters. The van der Waals surface area contributed by atoms with Gasteiger partial charge in [-0.2, -0.15) is 9.29 Å². The van der Waals surface area contributed by atoms with Gasteiger partial charge >= 0.3 is 0 Å². The van der Waals surface area contributed by atoms with Crippen molar-refractivity contribution < 1.29 is 13.2 Å². The van der Waals surface area contributed by atoms with Gasteiger partial charge in [0.05, 0.1) is 12.0 Å². The van der Waals surface area contributed by atoms with Crippen LogP contribution >= 0.6 is 0 Å². The Labute approximate surface area is 184 Å². The van der Waals surface area contributed by atoms with Crippen molar-refractivity contribution in [2.75, 3.05) is 76.3 Å². The van der Waals surface area contributed by atoms with Crippen LogP contribution in [0.25, 0.3) is 0 Å². The predicted octanol–water partition coefficient (Wildman–Crippen LogP) is 1.06. The van der Waals surface area contributed by atoms with Gasteiger partial charge in [-0.15, -0.1) is 0 Å². The molecule has 9 nitrogen and oxygen atoms in total. The van der Waals surface area contributed by atoms with Crippen molar-refractivity contribution in [3.63, 3.8) is 0 Å². The molecule has 0 atom stereocenters. The average Bonchev–Trinajstić information content (AvgIpc) is 2.79. The van der Waals surface area contributed by atoms with Gasteiger partial charge in [-0.05, 0) is 38.2 Å². The van der Waals surface area contributed by atoms with Crippen LogP contribution < -0.4 is 14.5 Å². The minimum atomic E-state index is -3.53. The second-order valence-electron chi connectivity index (χ2n) is 8.02. The summed E-state index contributed by atoms with van der Waals surface area (Å²) in [5.41, 5.74) is 0.923. The maximum Gasteiger partial charge on any atom is 0.243 e. The van der Waals surface area contributed by atoms with E-state index in [4.69, 9.17) is 9.72 Å². The SMILES string of the molecule is COc1ccc(S(=O)(=O)N2CCN(c3nc(C)cc(N4CCN(C)CC4)n3)CC2)cc1. The molecule has 0 N–H and O–H groups in total. The van der Waals surface area contributed by atoms with E-state index in [2.05, 4.69) is 26.7 Å². The van der Waals surface area contributed by atoms with Crippen LogP contribution in [0.3, 0.4) is 0 Å². The van der Waals surface area contributed by atoms with Crippen molar-refractivity contribution in [1.29, 1.82) is 0 Å². The summed E-state index contributed by atoms with van der Waals surface area (Å²) in [5.74, 6) is 2.26. The second-order valence-corrected chi connectivity index (χ2v) is 9.96. The zero-order valence-electron chi connectivity index (χ0n) is 18.4. The van der Waals surface area contributed by atoms with E-state index in [-0.39, 0.29) is 4.90 Å². The molecule has 0 saturated carbocycles. The van der Waals surface area contributed by atoms with Gasteiger partial charge in [0.2, 0.25) is 16.0 Å². The first-order valence-corrected chi connectivity index (χ1v) is 12.0. The molecule has 1 aromatic carbocycles. The first-order valence-electron chi connectivity index (χ1n) is 10.5. The molecule has 2 aromatic rings. The Kier molecular flexibility index (Phi) is 6.31. The summed E-state index contributed by atoms with van der Waals surface area (Å²) < 4.78 is 32.6. The number of hydrogen-bond donors (Lipinski definition) is 0. The number of methoxy groups -OCH3 is 1. The summed E-state index contributed by atoms with van der Waals surface area (Å²) >= 11 is 0. The average molecular weight is 447 g/mol. The molecule has 10 heteroatoms. The highest BCUT2D eigenvalue weighted by Crippen LogP contribution is 2.23. The van der Waals surface area contributed by atoms with E-state index in [9.17, 15) is 8.42 Å². The summed E-state index contributed by atoms with van der Waals surface area (Å²) in [7, 11) is 0.159. The molecule has 0 amide bonds. The minimum Gasteiger partial charge on any atom is -0.497 e. The number of rotatable bonds is 5. The molecule has 2 saturated heterocycles. The van der Waals surface area contributed by atoms with Crippen LogP contribution in [0.4, 0.5) is 11.8 Å². The lowest BCUT2D eigenvalue weighted by molar-refractivity contribution is 0.312. The highest BCUT2D eigenvalue weighted by atomic mass is 32.2. The molecular formula is C21H30N6O3S. The largest absolute Gasteiger partial charge is 0.497 e. The number of anilines is 2. The lowest BCUT2D eigenvalue weighted by atomic mass is 10.3. The van der Waals surface area contributed by atoms with E-state index < -0.39 is 10.0 Å². The van der Waals surface area contributed by atoms with Crippen LogP contribution in [0.15, 0.2) is 35.2 Å². The number of aromatic nitrogens is 2. The third kappa shape index (κ3) is 4.76. The van der Waals surface area contributed by atoms with Crippen LogP contribution in [-0.4, -0.2) is 94.1 Å². The lowest BCUT2D eigenvalue weighted by Gasteiger charge is -2.36. The van der Waals surface area contributed by atoms with Gasteiger partial charge in [-0.25, -0.2) is 13.4 Å². The predicted molar refractivity (Wildman–Crippen MR) is 120 cm³/mol. The third-order valence-electron chi connectivity index (χ3n) is 5.87. The molecule has 0 spiro atoms. The smallest absolute Gasteiger partial charge is 0.243 e. The van der Waals surface area contributed by atoms with Crippen molar-refractivity contribution in [2.45, 2.75) is 11.8 Å². The molecule has 31 heavy (non-hydrogen) atoms. The maximum absolute atomic E-state index is 13.0. The number of piperazine rings is 2. The number of nitrogens with zero attached hydrogens (tertiary/aromatic N) is 6. The fraction of sp³-hybridized carbons (Fsp3) is 0.524. The third-order valence-corrected chi connectivity index (χ3v) is 7.79. The first-order chi connectivity index (χ1) is 14.9. The van der Waals surface area contributed by atoms with E-state index in [0.717, 1.165) is 37.7 Å². The number of aryl methyl sites for hydroxylation is 1. The Bertz CT molecular complexity index is 998. The van der Waals surface area contributed by atoms with E-state index in [1.54, 1.807) is 31.4 Å². The molecule has 0 radical (unpaired) electrons. The molecule has 2 aliphatic heterocycles. The zero-order valence-corrected chi connectivity index (χ0v) is 19.2. The highest BCUT2D eigenvalue weighted by molar-refractivity contribution is 7.89. The summed E-state index contributed by atoms with van der Waals surface area (Å²) in [6.07, 6.45) is 0. The number of sulfonamides is 1. The molecule has 2 aliphatic rings. The van der Waals surface area contributed by atoms with Crippen molar-refractivity contribution in [2.24, 2.45) is 0 Å². The zero-order chi connectivity index (χ0) is 22.0. The summed E-state index contributed by atoms with van der Waals surface area (Å²) in [5, 5.41) is 0. The topological polar surface area (TPSA) is 82.1 Å². The van der Waals surface area contributed by atoms with Crippen LogP contribution in [-0.2, 0) is 10.0 Å². The van der Waals surface area contributed by atoms with E-state index in [1.807, 2.05) is 13.0 Å². The van der Waals surface area contributed by atoms with Gasteiger partial charge in [0.25, 0.3) is 0 Å². The number of hydrogen-bond acceptors (Lipinski definition) is 8. The van der Waals surface area contributed by atoms with E-state index in [1.165, 1.54) is 4.31 Å². The standard InChI is InChI=1S/C21H30N6O3S/c1-17-16-20(25-10-8-24(2)9-11-25)23-21(22-17)26-12-14-27(15-13-26)31(28,29)19-6-4-18(30-3)5-7-19/h4-7,16H,8-15H2,1-3H3. The van der Waals surface area contributed by atoms with Crippen LogP contribution in [0, 0.1) is 6.92 Å².